The molecule has 1 heterocycles. The number of fused-ring (bicyclic) bond motifs is 1. The summed E-state index contributed by atoms with van der Waals surface area (Å²) in [6.07, 6.45) is 5.66. The van der Waals surface area contributed by atoms with E-state index in [0.717, 1.165) is 32.2 Å². The van der Waals surface area contributed by atoms with Crippen LogP contribution >= 0.6 is 0 Å². The first-order chi connectivity index (χ1) is 7.65. The van der Waals surface area contributed by atoms with Crippen molar-refractivity contribution in [3.8, 4) is 0 Å². The second kappa shape index (κ2) is 4.36. The molecule has 0 aromatic rings. The van der Waals surface area contributed by atoms with Gasteiger partial charge in [-0.25, -0.2) is 0 Å². The normalized spacial score (nSPS) is 34.4. The number of hydrogen-bond donors (Lipinski definition) is 1. The topological polar surface area (TPSA) is 46.3 Å². The maximum atomic E-state index is 12.4. The lowest BCUT2D eigenvalue weighted by Crippen LogP contribution is -2.52. The predicted octanol–water partition coefficient (Wildman–Crippen LogP) is 1.76. The summed E-state index contributed by atoms with van der Waals surface area (Å²) in [5, 5.41) is 0. The number of piperidine rings is 1. The minimum absolute atomic E-state index is 0.0668. The smallest absolute Gasteiger partial charge is 0.225 e. The Hall–Kier alpha value is -0.570. The van der Waals surface area contributed by atoms with Gasteiger partial charge in [-0.15, -0.1) is 0 Å². The van der Waals surface area contributed by atoms with Crippen molar-refractivity contribution in [1.82, 2.24) is 4.90 Å². The third-order valence-electron chi connectivity index (χ3n) is 4.43. The van der Waals surface area contributed by atoms with Gasteiger partial charge in [-0.1, -0.05) is 20.3 Å². The second-order valence-corrected chi connectivity index (χ2v) is 5.53. The van der Waals surface area contributed by atoms with Gasteiger partial charge in [-0.2, -0.15) is 0 Å². The van der Waals surface area contributed by atoms with Crippen molar-refractivity contribution < 1.29 is 4.79 Å². The minimum Gasteiger partial charge on any atom is -0.335 e. The molecule has 3 atom stereocenters. The quantitative estimate of drug-likeness (QED) is 0.791. The largest absolute Gasteiger partial charge is 0.335 e. The molecule has 3 heteroatoms. The summed E-state index contributed by atoms with van der Waals surface area (Å²) in [5.74, 6) is 1.21. The third-order valence-corrected chi connectivity index (χ3v) is 4.43. The van der Waals surface area contributed by atoms with E-state index in [9.17, 15) is 4.79 Å². The highest BCUT2D eigenvalue weighted by molar-refractivity contribution is 5.80. The van der Waals surface area contributed by atoms with E-state index in [1.165, 1.54) is 6.42 Å². The Kier molecular flexibility index (Phi) is 3.24. The second-order valence-electron chi connectivity index (χ2n) is 5.53. The van der Waals surface area contributed by atoms with Crippen LogP contribution in [-0.4, -0.2) is 29.4 Å². The van der Waals surface area contributed by atoms with Crippen LogP contribution in [0.2, 0.25) is 0 Å². The third kappa shape index (κ3) is 1.75. The van der Waals surface area contributed by atoms with E-state index < -0.39 is 0 Å². The summed E-state index contributed by atoms with van der Waals surface area (Å²) >= 11 is 0. The fourth-order valence-electron chi connectivity index (χ4n) is 3.30. The molecule has 1 saturated carbocycles. The molecule has 0 aromatic carbocycles. The van der Waals surface area contributed by atoms with E-state index in [1.807, 2.05) is 0 Å². The van der Waals surface area contributed by atoms with Gasteiger partial charge in [0.05, 0.1) is 5.54 Å². The van der Waals surface area contributed by atoms with Crippen LogP contribution in [0.15, 0.2) is 0 Å². The van der Waals surface area contributed by atoms with E-state index in [1.54, 1.807) is 0 Å². The zero-order chi connectivity index (χ0) is 11.8. The van der Waals surface area contributed by atoms with Crippen LogP contribution < -0.4 is 5.73 Å². The van der Waals surface area contributed by atoms with Gasteiger partial charge in [0, 0.05) is 19.0 Å². The highest BCUT2D eigenvalue weighted by Gasteiger charge is 2.60. The zero-order valence-electron chi connectivity index (χ0n) is 10.5. The number of carbonyl (C=O) groups excluding carboxylic acids is 1. The van der Waals surface area contributed by atoms with Gasteiger partial charge >= 0.3 is 0 Å². The molecular weight excluding hydrogens is 200 g/mol. The maximum Gasteiger partial charge on any atom is 0.225 e. The number of likely N-dealkylation sites (tertiary alicyclic amines) is 1. The molecule has 92 valence electrons. The summed E-state index contributed by atoms with van der Waals surface area (Å²) in [6.45, 7) is 5.78. The van der Waals surface area contributed by atoms with Crippen LogP contribution in [0.25, 0.3) is 0 Å². The monoisotopic (exact) mass is 224 g/mol. The fourth-order valence-corrected chi connectivity index (χ4v) is 3.30. The van der Waals surface area contributed by atoms with Gasteiger partial charge in [-0.3, -0.25) is 4.79 Å². The Balaban J connectivity index is 2.05. The van der Waals surface area contributed by atoms with Crippen molar-refractivity contribution >= 4 is 5.91 Å². The SMILES string of the molecule is CCCC(C)C(=O)N1CCCC2CC21CN. The van der Waals surface area contributed by atoms with E-state index >= 15 is 0 Å². The van der Waals surface area contributed by atoms with Gasteiger partial charge < -0.3 is 10.6 Å². The van der Waals surface area contributed by atoms with Crippen LogP contribution in [0.5, 0.6) is 0 Å². The van der Waals surface area contributed by atoms with E-state index in [-0.39, 0.29) is 11.5 Å². The molecule has 0 radical (unpaired) electrons. The molecule has 2 fully saturated rings. The van der Waals surface area contributed by atoms with Crippen LogP contribution in [-0.2, 0) is 4.79 Å². The molecule has 1 aliphatic carbocycles. The highest BCUT2D eigenvalue weighted by atomic mass is 16.2. The lowest BCUT2D eigenvalue weighted by molar-refractivity contribution is -0.139. The molecule has 3 nitrogen and oxygen atoms in total. The molecule has 1 amide bonds. The van der Waals surface area contributed by atoms with Crippen molar-refractivity contribution in [2.75, 3.05) is 13.1 Å². The molecule has 2 aliphatic rings. The average Bonchev–Trinajstić information content (AvgIpc) is 3.02. The number of hydrogen-bond acceptors (Lipinski definition) is 2. The summed E-state index contributed by atoms with van der Waals surface area (Å²) in [6, 6.07) is 0. The van der Waals surface area contributed by atoms with Gasteiger partial charge in [0.15, 0.2) is 0 Å². The average molecular weight is 224 g/mol. The standard InChI is InChI=1S/C13H24N2O/c1-3-5-10(2)12(16)15-7-4-6-11-8-13(11,15)9-14/h10-11H,3-9,14H2,1-2H3. The van der Waals surface area contributed by atoms with Crippen LogP contribution in [0.4, 0.5) is 0 Å². The van der Waals surface area contributed by atoms with Gasteiger partial charge in [0.25, 0.3) is 0 Å². The van der Waals surface area contributed by atoms with Crippen molar-refractivity contribution in [2.45, 2.75) is 51.5 Å². The van der Waals surface area contributed by atoms with Gasteiger partial charge in [-0.05, 0) is 31.6 Å². The Morgan fingerprint density at radius 3 is 3.00 bits per heavy atom. The van der Waals surface area contributed by atoms with Crippen LogP contribution in [0.1, 0.15) is 46.0 Å². The van der Waals surface area contributed by atoms with Crippen molar-refractivity contribution in [3.63, 3.8) is 0 Å². The van der Waals surface area contributed by atoms with E-state index in [0.29, 0.717) is 18.4 Å². The minimum atomic E-state index is 0.0668. The van der Waals surface area contributed by atoms with Crippen LogP contribution in [0.3, 0.4) is 0 Å². The number of amides is 1. The van der Waals surface area contributed by atoms with Crippen molar-refractivity contribution in [1.29, 1.82) is 0 Å². The number of carbonyl (C=O) groups is 1. The fraction of sp³-hybridized carbons (Fsp3) is 0.923. The Labute approximate surface area is 98.4 Å². The van der Waals surface area contributed by atoms with Crippen molar-refractivity contribution in [3.05, 3.63) is 0 Å². The number of rotatable bonds is 4. The lowest BCUT2D eigenvalue weighted by Gasteiger charge is -2.37. The summed E-state index contributed by atoms with van der Waals surface area (Å²) in [4.78, 5) is 14.5. The maximum absolute atomic E-state index is 12.4. The first-order valence-corrected chi connectivity index (χ1v) is 6.67. The molecule has 2 rings (SSSR count). The van der Waals surface area contributed by atoms with Crippen LogP contribution in [0, 0.1) is 11.8 Å². The molecule has 0 bridgehead atoms. The Bertz CT molecular complexity index is 279. The molecule has 2 N–H and O–H groups in total. The van der Waals surface area contributed by atoms with E-state index in [4.69, 9.17) is 5.73 Å². The number of nitrogens with two attached hydrogens (primary N) is 1. The van der Waals surface area contributed by atoms with Gasteiger partial charge in [0.2, 0.25) is 5.91 Å². The molecule has 1 saturated heterocycles. The highest BCUT2D eigenvalue weighted by Crippen LogP contribution is 2.53. The summed E-state index contributed by atoms with van der Waals surface area (Å²) < 4.78 is 0. The Morgan fingerprint density at radius 1 is 1.62 bits per heavy atom. The molecule has 1 aliphatic heterocycles. The molecule has 0 spiro atoms. The van der Waals surface area contributed by atoms with Crippen molar-refractivity contribution in [2.24, 2.45) is 17.6 Å². The number of nitrogens with zero attached hydrogens (tertiary/aromatic N) is 1. The predicted molar refractivity (Wildman–Crippen MR) is 64.9 cm³/mol. The molecule has 0 aromatic heterocycles. The summed E-state index contributed by atoms with van der Waals surface area (Å²) in [5.41, 5.74) is 5.95. The molecule has 16 heavy (non-hydrogen) atoms. The Morgan fingerprint density at radius 2 is 2.38 bits per heavy atom. The van der Waals surface area contributed by atoms with Gasteiger partial charge in [0.1, 0.15) is 0 Å². The molecule has 3 unspecified atom stereocenters. The summed E-state index contributed by atoms with van der Waals surface area (Å²) in [7, 11) is 0. The first kappa shape index (κ1) is 11.9. The first-order valence-electron chi connectivity index (χ1n) is 6.67. The lowest BCUT2D eigenvalue weighted by atomic mass is 9.97. The van der Waals surface area contributed by atoms with E-state index in [2.05, 4.69) is 18.7 Å². The molecular formula is C13H24N2O. The zero-order valence-corrected chi connectivity index (χ0v) is 10.5.